The summed E-state index contributed by atoms with van der Waals surface area (Å²) in [6, 6.07) is 14.6. The van der Waals surface area contributed by atoms with Crippen LogP contribution in [0.1, 0.15) is 12.0 Å². The Morgan fingerprint density at radius 1 is 1.17 bits per heavy atom. The van der Waals surface area contributed by atoms with Gasteiger partial charge in [-0.2, -0.15) is 12.7 Å². The van der Waals surface area contributed by atoms with E-state index in [1.807, 2.05) is 24.3 Å². The van der Waals surface area contributed by atoms with Crippen LogP contribution < -0.4 is 9.04 Å². The summed E-state index contributed by atoms with van der Waals surface area (Å²) in [5.74, 6) is 1.03. The molecule has 5 nitrogen and oxygen atoms in total. The van der Waals surface area contributed by atoms with Crippen LogP contribution in [0.5, 0.6) is 5.75 Å². The van der Waals surface area contributed by atoms with Crippen LogP contribution in [0.2, 0.25) is 0 Å². The van der Waals surface area contributed by atoms with E-state index in [2.05, 4.69) is 0 Å². The Morgan fingerprint density at radius 3 is 2.71 bits per heavy atom. The van der Waals surface area contributed by atoms with E-state index < -0.39 is 10.2 Å². The number of alkyl halides is 1. The van der Waals surface area contributed by atoms with Gasteiger partial charge in [-0.25, -0.2) is 4.31 Å². The van der Waals surface area contributed by atoms with Crippen molar-refractivity contribution in [3.05, 3.63) is 54.1 Å². The molecule has 0 aromatic heterocycles. The summed E-state index contributed by atoms with van der Waals surface area (Å²) in [5, 5.41) is 0. The highest BCUT2D eigenvalue weighted by molar-refractivity contribution is 7.90. The number of para-hydroxylation sites is 1. The summed E-state index contributed by atoms with van der Waals surface area (Å²) in [5.41, 5.74) is 2.19. The molecule has 3 rings (SSSR count). The summed E-state index contributed by atoms with van der Waals surface area (Å²) in [6.45, 7) is 0.747. The van der Waals surface area contributed by atoms with Crippen molar-refractivity contribution in [2.75, 3.05) is 23.8 Å². The van der Waals surface area contributed by atoms with Crippen molar-refractivity contribution >= 4 is 33.2 Å². The summed E-state index contributed by atoms with van der Waals surface area (Å²) in [4.78, 5) is 0. The van der Waals surface area contributed by atoms with E-state index in [0.29, 0.717) is 42.5 Å². The minimum absolute atomic E-state index is 0.357. The molecule has 0 radical (unpaired) electrons. The predicted molar refractivity (Wildman–Crippen MR) is 96.2 cm³/mol. The zero-order valence-corrected chi connectivity index (χ0v) is 14.9. The molecule has 128 valence electrons. The molecule has 0 atom stereocenters. The van der Waals surface area contributed by atoms with Gasteiger partial charge in [-0.15, -0.1) is 11.6 Å². The standard InChI is InChI=1S/C17H19ClN2O3S/c1-23-16-8-4-7-15(12-16)20-17-9-3-2-6-14(17)13-19(11-5-10-18)24(20,21)22/h2-4,6-9,12H,5,10-11,13H2,1H3. The van der Waals surface area contributed by atoms with Crippen molar-refractivity contribution in [1.29, 1.82) is 0 Å². The Labute approximate surface area is 147 Å². The van der Waals surface area contributed by atoms with Crippen LogP contribution >= 0.6 is 11.6 Å². The monoisotopic (exact) mass is 366 g/mol. The average molecular weight is 367 g/mol. The van der Waals surface area contributed by atoms with Crippen molar-refractivity contribution in [2.45, 2.75) is 13.0 Å². The van der Waals surface area contributed by atoms with E-state index in [0.717, 1.165) is 5.56 Å². The fraction of sp³-hybridized carbons (Fsp3) is 0.294. The number of rotatable bonds is 5. The van der Waals surface area contributed by atoms with Gasteiger partial charge in [0.15, 0.2) is 0 Å². The molecule has 0 saturated heterocycles. The Kier molecular flexibility index (Phi) is 4.99. The molecule has 0 saturated carbocycles. The lowest BCUT2D eigenvalue weighted by molar-refractivity contribution is 0.400. The summed E-state index contributed by atoms with van der Waals surface area (Å²) in [7, 11) is -2.12. The Balaban J connectivity index is 2.13. The first-order chi connectivity index (χ1) is 11.6. The Hall–Kier alpha value is -1.76. The van der Waals surface area contributed by atoms with E-state index in [1.165, 1.54) is 8.61 Å². The average Bonchev–Trinajstić information content (AvgIpc) is 2.59. The first-order valence-electron chi connectivity index (χ1n) is 7.66. The maximum atomic E-state index is 13.1. The van der Waals surface area contributed by atoms with Crippen molar-refractivity contribution in [3.8, 4) is 5.75 Å². The van der Waals surface area contributed by atoms with Gasteiger partial charge >= 0.3 is 10.2 Å². The topological polar surface area (TPSA) is 49.9 Å². The molecule has 0 spiro atoms. The summed E-state index contributed by atoms with van der Waals surface area (Å²) >= 11 is 5.76. The zero-order chi connectivity index (χ0) is 17.2. The van der Waals surface area contributed by atoms with Gasteiger partial charge in [-0.05, 0) is 30.2 Å². The number of benzene rings is 2. The molecule has 1 aliphatic rings. The maximum absolute atomic E-state index is 13.1. The van der Waals surface area contributed by atoms with E-state index >= 15 is 0 Å². The highest BCUT2D eigenvalue weighted by Gasteiger charge is 2.37. The third-order valence-corrected chi connectivity index (χ3v) is 6.04. The number of hydrogen-bond donors (Lipinski definition) is 0. The smallest absolute Gasteiger partial charge is 0.308 e. The second-order valence-corrected chi connectivity index (χ2v) is 7.63. The molecule has 2 aromatic carbocycles. The van der Waals surface area contributed by atoms with E-state index in [-0.39, 0.29) is 0 Å². The number of ether oxygens (including phenoxy) is 1. The zero-order valence-electron chi connectivity index (χ0n) is 13.4. The Bertz CT molecular complexity index is 826. The number of fused-ring (bicyclic) bond motifs is 1. The van der Waals surface area contributed by atoms with Crippen LogP contribution in [0.4, 0.5) is 11.4 Å². The summed E-state index contributed by atoms with van der Waals surface area (Å²) < 4.78 is 34.4. The first-order valence-corrected chi connectivity index (χ1v) is 9.59. The Morgan fingerprint density at radius 2 is 1.96 bits per heavy atom. The molecule has 2 aromatic rings. The number of methoxy groups -OCH3 is 1. The number of anilines is 2. The van der Waals surface area contributed by atoms with Gasteiger partial charge in [-0.1, -0.05) is 24.3 Å². The van der Waals surface area contributed by atoms with Crippen molar-refractivity contribution in [1.82, 2.24) is 4.31 Å². The SMILES string of the molecule is COc1cccc(N2c3ccccc3CN(CCCCl)S2(=O)=O)c1. The fourth-order valence-electron chi connectivity index (χ4n) is 2.79. The molecule has 1 aliphatic heterocycles. The van der Waals surface area contributed by atoms with Gasteiger partial charge in [0.2, 0.25) is 0 Å². The molecule has 0 N–H and O–H groups in total. The van der Waals surface area contributed by atoms with Crippen LogP contribution in [-0.2, 0) is 16.8 Å². The molecule has 7 heteroatoms. The molecule has 0 aliphatic carbocycles. The van der Waals surface area contributed by atoms with Gasteiger partial charge in [0.25, 0.3) is 0 Å². The molecule has 1 heterocycles. The third-order valence-electron chi connectivity index (χ3n) is 3.94. The molecule has 0 unspecified atom stereocenters. The van der Waals surface area contributed by atoms with Crippen molar-refractivity contribution < 1.29 is 13.2 Å². The normalized spacial score (nSPS) is 16.7. The lowest BCUT2D eigenvalue weighted by Gasteiger charge is -2.37. The minimum atomic E-state index is -3.68. The molecule has 0 amide bonds. The lowest BCUT2D eigenvalue weighted by atomic mass is 10.1. The van der Waals surface area contributed by atoms with Crippen LogP contribution in [0.15, 0.2) is 48.5 Å². The number of hydrogen-bond acceptors (Lipinski definition) is 3. The molecule has 0 fully saturated rings. The van der Waals surface area contributed by atoms with Gasteiger partial charge in [0.1, 0.15) is 5.75 Å². The summed E-state index contributed by atoms with van der Waals surface area (Å²) in [6.07, 6.45) is 0.606. The lowest BCUT2D eigenvalue weighted by Crippen LogP contribution is -2.45. The second-order valence-electron chi connectivity index (χ2n) is 5.48. The molecule has 0 bridgehead atoms. The van der Waals surface area contributed by atoms with Crippen LogP contribution in [-0.4, -0.2) is 32.3 Å². The van der Waals surface area contributed by atoms with Crippen LogP contribution in [0.25, 0.3) is 0 Å². The minimum Gasteiger partial charge on any atom is -0.497 e. The van der Waals surface area contributed by atoms with Gasteiger partial charge in [-0.3, -0.25) is 0 Å². The van der Waals surface area contributed by atoms with Crippen molar-refractivity contribution in [2.24, 2.45) is 0 Å². The van der Waals surface area contributed by atoms with Gasteiger partial charge in [0, 0.05) is 25.0 Å². The highest BCUT2D eigenvalue weighted by Crippen LogP contribution is 2.39. The van der Waals surface area contributed by atoms with Gasteiger partial charge < -0.3 is 4.74 Å². The van der Waals surface area contributed by atoms with E-state index in [1.54, 1.807) is 31.4 Å². The molecular weight excluding hydrogens is 348 g/mol. The highest BCUT2D eigenvalue weighted by atomic mass is 35.5. The number of halogens is 1. The van der Waals surface area contributed by atoms with Crippen molar-refractivity contribution in [3.63, 3.8) is 0 Å². The van der Waals surface area contributed by atoms with E-state index in [9.17, 15) is 8.42 Å². The fourth-order valence-corrected chi connectivity index (χ4v) is 4.61. The predicted octanol–water partition coefficient (Wildman–Crippen LogP) is 3.52. The van der Waals surface area contributed by atoms with E-state index in [4.69, 9.17) is 16.3 Å². The molecule has 24 heavy (non-hydrogen) atoms. The maximum Gasteiger partial charge on any atom is 0.308 e. The van der Waals surface area contributed by atoms with Gasteiger partial charge in [0.05, 0.1) is 18.5 Å². The largest absolute Gasteiger partial charge is 0.497 e. The third kappa shape index (κ3) is 3.09. The van der Waals surface area contributed by atoms with Crippen LogP contribution in [0.3, 0.4) is 0 Å². The molecular formula is C17H19ClN2O3S. The quantitative estimate of drug-likeness (QED) is 0.761. The van der Waals surface area contributed by atoms with Crippen LogP contribution in [0, 0.1) is 0 Å². The second kappa shape index (κ2) is 7.01. The number of nitrogens with zero attached hydrogens (tertiary/aromatic N) is 2. The first kappa shape index (κ1) is 17.1.